The molecule has 1 aromatic rings. The Labute approximate surface area is 112 Å². The van der Waals surface area contributed by atoms with Crippen LogP contribution in [0.25, 0.3) is 0 Å². The third-order valence-electron chi connectivity index (χ3n) is 3.26. The molecule has 104 valence electrons. The summed E-state index contributed by atoms with van der Waals surface area (Å²) in [6, 6.07) is 4.45. The maximum atomic E-state index is 8.80. The number of methoxy groups -OCH3 is 1. The number of rotatable bonds is 7. The summed E-state index contributed by atoms with van der Waals surface area (Å²) in [7, 11) is 1.71. The van der Waals surface area contributed by atoms with Crippen LogP contribution in [0.4, 0.5) is 0 Å². The Morgan fingerprint density at radius 3 is 3.05 bits per heavy atom. The number of oxime groups is 1. The lowest BCUT2D eigenvalue weighted by Crippen LogP contribution is -2.30. The summed E-state index contributed by atoms with van der Waals surface area (Å²) in [6.07, 6.45) is 4.10. The van der Waals surface area contributed by atoms with Gasteiger partial charge in [0.05, 0.1) is 6.61 Å². The van der Waals surface area contributed by atoms with Gasteiger partial charge in [-0.2, -0.15) is 0 Å². The van der Waals surface area contributed by atoms with Gasteiger partial charge in [0.25, 0.3) is 0 Å². The molecule has 1 saturated carbocycles. The van der Waals surface area contributed by atoms with E-state index in [1.165, 1.54) is 12.8 Å². The molecule has 1 aromatic heterocycles. The maximum Gasteiger partial charge on any atom is 0.189 e. The Hall–Kier alpha value is -1.66. The van der Waals surface area contributed by atoms with Gasteiger partial charge in [0, 0.05) is 32.4 Å². The first kappa shape index (κ1) is 13.8. The summed E-state index contributed by atoms with van der Waals surface area (Å²) < 4.78 is 5.14. The molecule has 0 spiro atoms. The van der Waals surface area contributed by atoms with Gasteiger partial charge in [-0.05, 0) is 24.5 Å². The molecule has 0 amide bonds. The average Bonchev–Trinajstić information content (AvgIpc) is 3.27. The Balaban J connectivity index is 2.12. The summed E-state index contributed by atoms with van der Waals surface area (Å²) >= 11 is 0. The van der Waals surface area contributed by atoms with Crippen molar-refractivity contribution >= 4 is 5.84 Å². The molecule has 0 radical (unpaired) electrons. The predicted molar refractivity (Wildman–Crippen MR) is 72.1 cm³/mol. The quantitative estimate of drug-likeness (QED) is 0.329. The molecule has 2 rings (SSSR count). The summed E-state index contributed by atoms with van der Waals surface area (Å²) in [5, 5.41) is 11.8. The van der Waals surface area contributed by atoms with E-state index in [0.717, 1.165) is 18.7 Å². The Kier molecular flexibility index (Phi) is 4.70. The minimum atomic E-state index is 0.0538. The number of hydrogen-bond donors (Lipinski definition) is 2. The molecule has 0 saturated heterocycles. The molecular weight excluding hydrogens is 244 g/mol. The standard InChI is InChI=1S/C13H20N4O2/c1-19-8-7-17(11-4-5-11)9-10-3-2-6-15-12(10)13(14)16-18/h2-3,6,11,18H,4-5,7-9H2,1H3,(H2,14,16). The second-order valence-corrected chi connectivity index (χ2v) is 4.69. The normalized spacial score (nSPS) is 16.0. The van der Waals surface area contributed by atoms with Crippen LogP contribution in [0.5, 0.6) is 0 Å². The van der Waals surface area contributed by atoms with Crippen molar-refractivity contribution in [1.82, 2.24) is 9.88 Å². The highest BCUT2D eigenvalue weighted by atomic mass is 16.5. The molecule has 0 bridgehead atoms. The zero-order valence-electron chi connectivity index (χ0n) is 11.1. The second-order valence-electron chi connectivity index (χ2n) is 4.69. The first-order chi connectivity index (χ1) is 9.26. The van der Waals surface area contributed by atoms with E-state index in [-0.39, 0.29) is 5.84 Å². The van der Waals surface area contributed by atoms with E-state index in [1.807, 2.05) is 12.1 Å². The van der Waals surface area contributed by atoms with Crippen molar-refractivity contribution in [2.24, 2.45) is 10.9 Å². The van der Waals surface area contributed by atoms with Crippen molar-refractivity contribution in [3.05, 3.63) is 29.6 Å². The Bertz CT molecular complexity index is 446. The number of amidine groups is 1. The summed E-state index contributed by atoms with van der Waals surface area (Å²) in [6.45, 7) is 2.33. The molecule has 1 aliphatic rings. The van der Waals surface area contributed by atoms with E-state index in [9.17, 15) is 0 Å². The molecule has 0 aliphatic heterocycles. The fourth-order valence-electron chi connectivity index (χ4n) is 2.10. The molecular formula is C13H20N4O2. The lowest BCUT2D eigenvalue weighted by molar-refractivity contribution is 0.139. The van der Waals surface area contributed by atoms with Gasteiger partial charge in [-0.1, -0.05) is 11.2 Å². The largest absolute Gasteiger partial charge is 0.409 e. The molecule has 0 aromatic carbocycles. The first-order valence-electron chi connectivity index (χ1n) is 6.41. The van der Waals surface area contributed by atoms with Crippen LogP contribution >= 0.6 is 0 Å². The van der Waals surface area contributed by atoms with Crippen LogP contribution in [0.1, 0.15) is 24.1 Å². The second kappa shape index (κ2) is 6.49. The van der Waals surface area contributed by atoms with Crippen molar-refractivity contribution in [2.45, 2.75) is 25.4 Å². The average molecular weight is 264 g/mol. The van der Waals surface area contributed by atoms with Crippen LogP contribution in [0.3, 0.4) is 0 Å². The van der Waals surface area contributed by atoms with E-state index in [2.05, 4.69) is 15.0 Å². The Morgan fingerprint density at radius 1 is 1.63 bits per heavy atom. The SMILES string of the molecule is COCCN(Cc1cccnc1C(N)=NO)C1CC1. The zero-order chi connectivity index (χ0) is 13.7. The third kappa shape index (κ3) is 3.65. The fraction of sp³-hybridized carbons (Fsp3) is 0.538. The summed E-state index contributed by atoms with van der Waals surface area (Å²) in [5.41, 5.74) is 7.18. The number of nitrogens with two attached hydrogens (primary N) is 1. The first-order valence-corrected chi connectivity index (χ1v) is 6.41. The summed E-state index contributed by atoms with van der Waals surface area (Å²) in [4.78, 5) is 6.54. The zero-order valence-corrected chi connectivity index (χ0v) is 11.1. The van der Waals surface area contributed by atoms with Gasteiger partial charge in [-0.25, -0.2) is 0 Å². The van der Waals surface area contributed by atoms with Crippen LogP contribution in [-0.2, 0) is 11.3 Å². The highest BCUT2D eigenvalue weighted by molar-refractivity contribution is 5.96. The minimum absolute atomic E-state index is 0.0538. The molecule has 6 nitrogen and oxygen atoms in total. The molecule has 0 atom stereocenters. The molecule has 19 heavy (non-hydrogen) atoms. The van der Waals surface area contributed by atoms with Gasteiger partial charge in [0.15, 0.2) is 5.84 Å². The van der Waals surface area contributed by atoms with Crippen LogP contribution < -0.4 is 5.73 Å². The lowest BCUT2D eigenvalue weighted by atomic mass is 10.1. The number of aromatic nitrogens is 1. The minimum Gasteiger partial charge on any atom is -0.409 e. The topological polar surface area (TPSA) is 84.0 Å². The van der Waals surface area contributed by atoms with Crippen LogP contribution in [-0.4, -0.2) is 47.2 Å². The third-order valence-corrected chi connectivity index (χ3v) is 3.26. The smallest absolute Gasteiger partial charge is 0.189 e. The Morgan fingerprint density at radius 2 is 2.42 bits per heavy atom. The van der Waals surface area contributed by atoms with E-state index in [4.69, 9.17) is 15.7 Å². The van der Waals surface area contributed by atoms with Crippen LogP contribution in [0, 0.1) is 0 Å². The van der Waals surface area contributed by atoms with Gasteiger partial charge in [-0.3, -0.25) is 9.88 Å². The van der Waals surface area contributed by atoms with E-state index < -0.39 is 0 Å². The predicted octanol–water partition coefficient (Wildman–Crippen LogP) is 0.787. The van der Waals surface area contributed by atoms with Crippen molar-refractivity contribution in [3.63, 3.8) is 0 Å². The van der Waals surface area contributed by atoms with Gasteiger partial charge >= 0.3 is 0 Å². The van der Waals surface area contributed by atoms with Crippen molar-refractivity contribution in [2.75, 3.05) is 20.3 Å². The van der Waals surface area contributed by atoms with Gasteiger partial charge < -0.3 is 15.7 Å². The molecule has 6 heteroatoms. The van der Waals surface area contributed by atoms with Crippen molar-refractivity contribution in [1.29, 1.82) is 0 Å². The number of nitrogens with zero attached hydrogens (tertiary/aromatic N) is 3. The molecule has 3 N–H and O–H groups in total. The molecule has 1 heterocycles. The molecule has 1 fully saturated rings. The monoisotopic (exact) mass is 264 g/mol. The lowest BCUT2D eigenvalue weighted by Gasteiger charge is -2.22. The van der Waals surface area contributed by atoms with Gasteiger partial charge in [0.1, 0.15) is 5.69 Å². The van der Waals surface area contributed by atoms with E-state index in [1.54, 1.807) is 13.3 Å². The number of ether oxygens (including phenoxy) is 1. The maximum absolute atomic E-state index is 8.80. The summed E-state index contributed by atoms with van der Waals surface area (Å²) in [5.74, 6) is 0.0538. The highest BCUT2D eigenvalue weighted by Crippen LogP contribution is 2.28. The van der Waals surface area contributed by atoms with Crippen molar-refractivity contribution < 1.29 is 9.94 Å². The van der Waals surface area contributed by atoms with Gasteiger partial charge in [0.2, 0.25) is 0 Å². The molecule has 1 aliphatic carbocycles. The van der Waals surface area contributed by atoms with Gasteiger partial charge in [-0.15, -0.1) is 0 Å². The van der Waals surface area contributed by atoms with Crippen LogP contribution in [0.2, 0.25) is 0 Å². The molecule has 0 unspecified atom stereocenters. The number of pyridine rings is 1. The van der Waals surface area contributed by atoms with E-state index in [0.29, 0.717) is 18.3 Å². The fourth-order valence-corrected chi connectivity index (χ4v) is 2.10. The van der Waals surface area contributed by atoms with E-state index >= 15 is 0 Å². The number of hydrogen-bond acceptors (Lipinski definition) is 5. The highest BCUT2D eigenvalue weighted by Gasteiger charge is 2.29. The van der Waals surface area contributed by atoms with Crippen molar-refractivity contribution in [3.8, 4) is 0 Å². The van der Waals surface area contributed by atoms with Crippen LogP contribution in [0.15, 0.2) is 23.5 Å².